The van der Waals surface area contributed by atoms with Crippen molar-refractivity contribution in [2.75, 3.05) is 18.8 Å². The maximum absolute atomic E-state index is 12.3. The summed E-state index contributed by atoms with van der Waals surface area (Å²) in [5.74, 6) is 0.463. The van der Waals surface area contributed by atoms with Crippen molar-refractivity contribution in [2.24, 2.45) is 0 Å². The van der Waals surface area contributed by atoms with Crippen molar-refractivity contribution < 1.29 is 9.32 Å². The Labute approximate surface area is 133 Å². The lowest BCUT2D eigenvalue weighted by atomic mass is 10.3. The van der Waals surface area contributed by atoms with Crippen LogP contribution in [0, 0.1) is 0 Å². The van der Waals surface area contributed by atoms with E-state index in [9.17, 15) is 9.32 Å². The van der Waals surface area contributed by atoms with Crippen molar-refractivity contribution in [3.05, 3.63) is 28.2 Å². The van der Waals surface area contributed by atoms with Crippen LogP contribution in [0.4, 0.5) is 0 Å². The van der Waals surface area contributed by atoms with E-state index in [0.717, 1.165) is 0 Å². The summed E-state index contributed by atoms with van der Waals surface area (Å²) in [4.78, 5) is 2.67. The Morgan fingerprint density at radius 1 is 1.30 bits per heavy atom. The minimum atomic E-state index is -1.20. The molecule has 0 aromatic heterocycles. The molecule has 0 aliphatic rings. The average molecular weight is 338 g/mol. The number of aliphatic hydroxyl groups excluding tert-OH is 1. The Kier molecular flexibility index (Phi) is 7.48. The number of benzene rings is 1. The number of halogens is 2. The van der Waals surface area contributed by atoms with E-state index in [1.807, 2.05) is 0 Å². The molecule has 0 spiro atoms. The average Bonchev–Trinajstić information content (AvgIpc) is 2.36. The molecule has 1 rings (SSSR count). The fourth-order valence-corrected chi connectivity index (χ4v) is 3.64. The highest BCUT2D eigenvalue weighted by molar-refractivity contribution is 7.85. The van der Waals surface area contributed by atoms with Crippen LogP contribution in [0.25, 0.3) is 0 Å². The van der Waals surface area contributed by atoms with Crippen molar-refractivity contribution in [3.8, 4) is 0 Å². The molecule has 0 amide bonds. The van der Waals surface area contributed by atoms with Crippen LogP contribution in [0.1, 0.15) is 20.8 Å². The predicted octanol–water partition coefficient (Wildman–Crippen LogP) is 3.19. The predicted molar refractivity (Wildman–Crippen MR) is 86.1 cm³/mol. The minimum Gasteiger partial charge on any atom is -0.392 e. The zero-order valence-electron chi connectivity index (χ0n) is 12.0. The Balaban J connectivity index is 2.68. The van der Waals surface area contributed by atoms with E-state index in [-0.39, 0.29) is 6.04 Å². The molecule has 2 atom stereocenters. The smallest absolute Gasteiger partial charge is 0.0639 e. The second kappa shape index (κ2) is 8.35. The molecule has 0 bridgehead atoms. The summed E-state index contributed by atoms with van der Waals surface area (Å²) in [6, 6.07) is 5.27. The molecule has 20 heavy (non-hydrogen) atoms. The zero-order chi connectivity index (χ0) is 15.3. The van der Waals surface area contributed by atoms with Gasteiger partial charge in [0.1, 0.15) is 0 Å². The van der Waals surface area contributed by atoms with Gasteiger partial charge in [0.25, 0.3) is 0 Å². The molecule has 2 unspecified atom stereocenters. The van der Waals surface area contributed by atoms with Crippen molar-refractivity contribution >= 4 is 34.0 Å². The van der Waals surface area contributed by atoms with E-state index in [1.165, 1.54) is 0 Å². The lowest BCUT2D eigenvalue weighted by Gasteiger charge is -2.27. The van der Waals surface area contributed by atoms with Crippen molar-refractivity contribution in [1.29, 1.82) is 0 Å². The van der Waals surface area contributed by atoms with Crippen molar-refractivity contribution in [3.63, 3.8) is 0 Å². The molecule has 0 aliphatic heterocycles. The molecule has 1 aromatic carbocycles. The van der Waals surface area contributed by atoms with E-state index < -0.39 is 16.9 Å². The lowest BCUT2D eigenvalue weighted by molar-refractivity contribution is 0.112. The van der Waals surface area contributed by atoms with Gasteiger partial charge in [-0.1, -0.05) is 23.2 Å². The topological polar surface area (TPSA) is 40.5 Å². The van der Waals surface area contributed by atoms with Gasteiger partial charge in [-0.25, -0.2) is 0 Å². The van der Waals surface area contributed by atoms with Crippen LogP contribution in [0.3, 0.4) is 0 Å². The third-order valence-corrected chi connectivity index (χ3v) is 4.99. The maximum Gasteiger partial charge on any atom is 0.0639 e. The van der Waals surface area contributed by atoms with Crippen LogP contribution in [0.5, 0.6) is 0 Å². The molecule has 0 saturated heterocycles. The zero-order valence-corrected chi connectivity index (χ0v) is 14.3. The Hall–Kier alpha value is -0.130. The van der Waals surface area contributed by atoms with Gasteiger partial charge in [0.2, 0.25) is 0 Å². The van der Waals surface area contributed by atoms with Gasteiger partial charge in [-0.05, 0) is 39.0 Å². The van der Waals surface area contributed by atoms with E-state index >= 15 is 0 Å². The molecular weight excluding hydrogens is 317 g/mol. The van der Waals surface area contributed by atoms with Crippen LogP contribution in [0.15, 0.2) is 23.1 Å². The minimum absolute atomic E-state index is 0.288. The fourth-order valence-electron chi connectivity index (χ4n) is 1.86. The molecule has 6 heteroatoms. The Morgan fingerprint density at radius 2 is 1.95 bits per heavy atom. The third kappa shape index (κ3) is 5.70. The Morgan fingerprint density at radius 3 is 2.50 bits per heavy atom. The molecule has 114 valence electrons. The van der Waals surface area contributed by atoms with Gasteiger partial charge in [-0.2, -0.15) is 0 Å². The highest BCUT2D eigenvalue weighted by Crippen LogP contribution is 2.24. The molecule has 1 aromatic rings. The summed E-state index contributed by atoms with van der Waals surface area (Å²) < 4.78 is 12.3. The molecule has 0 radical (unpaired) electrons. The van der Waals surface area contributed by atoms with E-state index in [0.29, 0.717) is 33.8 Å². The number of rotatable bonds is 7. The Bertz CT molecular complexity index is 466. The van der Waals surface area contributed by atoms with Gasteiger partial charge in [0.15, 0.2) is 0 Å². The van der Waals surface area contributed by atoms with E-state index in [2.05, 4.69) is 18.7 Å². The molecule has 3 nitrogen and oxygen atoms in total. The highest BCUT2D eigenvalue weighted by atomic mass is 35.5. The summed E-state index contributed by atoms with van der Waals surface area (Å²) >= 11 is 12.0. The quantitative estimate of drug-likeness (QED) is 0.830. The first kappa shape index (κ1) is 17.9. The van der Waals surface area contributed by atoms with Gasteiger partial charge >= 0.3 is 0 Å². The maximum atomic E-state index is 12.3. The van der Waals surface area contributed by atoms with E-state index in [1.54, 1.807) is 25.1 Å². The van der Waals surface area contributed by atoms with Crippen molar-refractivity contribution in [2.45, 2.75) is 37.8 Å². The van der Waals surface area contributed by atoms with Gasteiger partial charge in [0, 0.05) is 29.9 Å². The standard InChI is InChI=1S/C14H21Cl2NO2S/c1-10(2)17(9-11(3)18)6-7-20(19)14-8-12(15)4-5-13(14)16/h4-5,8,10-11,18H,6-7,9H2,1-3H3. The van der Waals surface area contributed by atoms with E-state index in [4.69, 9.17) is 23.2 Å². The van der Waals surface area contributed by atoms with Gasteiger partial charge in [-0.3, -0.25) is 9.11 Å². The largest absolute Gasteiger partial charge is 0.392 e. The fraction of sp³-hybridized carbons (Fsp3) is 0.571. The summed E-state index contributed by atoms with van der Waals surface area (Å²) in [7, 11) is -1.20. The first-order valence-corrected chi connectivity index (χ1v) is 8.64. The summed E-state index contributed by atoms with van der Waals surface area (Å²) in [5.41, 5.74) is 0. The van der Waals surface area contributed by atoms with Crippen LogP contribution in [-0.2, 0) is 10.8 Å². The number of aliphatic hydroxyl groups is 1. The van der Waals surface area contributed by atoms with Gasteiger partial charge in [0.05, 0.1) is 26.8 Å². The molecule has 0 saturated carbocycles. The van der Waals surface area contributed by atoms with Crippen LogP contribution >= 0.6 is 23.2 Å². The number of hydrogen-bond acceptors (Lipinski definition) is 3. The second-order valence-corrected chi connectivity index (χ2v) is 7.44. The summed E-state index contributed by atoms with van der Waals surface area (Å²) in [6.07, 6.45) is -0.402. The third-order valence-electron chi connectivity index (χ3n) is 2.93. The SMILES string of the molecule is CC(O)CN(CCS(=O)c1cc(Cl)ccc1Cl)C(C)C. The molecule has 0 heterocycles. The second-order valence-electron chi connectivity index (χ2n) is 5.06. The first-order chi connectivity index (χ1) is 9.31. The molecular formula is C14H21Cl2NO2S. The molecule has 0 aliphatic carbocycles. The molecule has 0 fully saturated rings. The number of hydrogen-bond donors (Lipinski definition) is 1. The van der Waals surface area contributed by atoms with Crippen molar-refractivity contribution in [1.82, 2.24) is 4.90 Å². The van der Waals surface area contributed by atoms with Crippen LogP contribution < -0.4 is 0 Å². The lowest BCUT2D eigenvalue weighted by Crippen LogP contribution is -2.39. The summed E-state index contributed by atoms with van der Waals surface area (Å²) in [5, 5.41) is 10.5. The number of nitrogens with zero attached hydrogens (tertiary/aromatic N) is 1. The normalized spacial score (nSPS) is 14.8. The highest BCUT2D eigenvalue weighted by Gasteiger charge is 2.15. The van der Waals surface area contributed by atoms with Crippen LogP contribution in [-0.4, -0.2) is 45.2 Å². The first-order valence-electron chi connectivity index (χ1n) is 6.56. The van der Waals surface area contributed by atoms with Gasteiger partial charge in [-0.15, -0.1) is 0 Å². The summed E-state index contributed by atoms with van der Waals surface area (Å²) in [6.45, 7) is 7.06. The molecule has 1 N–H and O–H groups in total. The van der Waals surface area contributed by atoms with Crippen LogP contribution in [0.2, 0.25) is 10.0 Å². The monoisotopic (exact) mass is 337 g/mol. The van der Waals surface area contributed by atoms with Gasteiger partial charge < -0.3 is 5.11 Å².